The van der Waals surface area contributed by atoms with E-state index in [-0.39, 0.29) is 12.1 Å². The van der Waals surface area contributed by atoms with Crippen LogP contribution in [0.1, 0.15) is 5.56 Å². The van der Waals surface area contributed by atoms with Crippen molar-refractivity contribution in [1.82, 2.24) is 0 Å². The highest BCUT2D eigenvalue weighted by atomic mass is 32.2. The minimum Gasteiger partial charge on any atom is -0.423 e. The van der Waals surface area contributed by atoms with E-state index in [0.29, 0.717) is 5.56 Å². The molecule has 0 fully saturated rings. The molecule has 0 atom stereocenters. The van der Waals surface area contributed by atoms with Gasteiger partial charge in [0.2, 0.25) is 0 Å². The van der Waals surface area contributed by atoms with E-state index >= 15 is 0 Å². The van der Waals surface area contributed by atoms with E-state index in [4.69, 9.17) is 4.65 Å². The fourth-order valence-electron chi connectivity index (χ4n) is 2.26. The first-order valence-electron chi connectivity index (χ1n) is 6.38. The zero-order chi connectivity index (χ0) is 16.8. The number of hydrogen-bond acceptors (Lipinski definition) is 4. The Balaban J connectivity index is 2.04. The number of halogens is 3. The van der Waals surface area contributed by atoms with Gasteiger partial charge in [0, 0.05) is 0 Å². The number of benzene rings is 2. The maximum Gasteiger partial charge on any atom is 0.491 e. The van der Waals surface area contributed by atoms with Gasteiger partial charge in [-0.25, -0.2) is 21.6 Å². The van der Waals surface area contributed by atoms with Crippen LogP contribution in [-0.4, -0.2) is 20.6 Å². The first kappa shape index (κ1) is 15.8. The van der Waals surface area contributed by atoms with Crippen molar-refractivity contribution < 1.29 is 31.3 Å². The largest absolute Gasteiger partial charge is 0.491 e. The molecular formula is C13H9BF3NO4S. The van der Waals surface area contributed by atoms with E-state index in [1.807, 2.05) is 0 Å². The van der Waals surface area contributed by atoms with Gasteiger partial charge >= 0.3 is 7.12 Å². The van der Waals surface area contributed by atoms with Gasteiger partial charge in [-0.15, -0.1) is 0 Å². The van der Waals surface area contributed by atoms with E-state index in [0.717, 1.165) is 30.3 Å². The lowest BCUT2D eigenvalue weighted by Gasteiger charge is -2.12. The average molecular weight is 343 g/mol. The summed E-state index contributed by atoms with van der Waals surface area (Å²) >= 11 is 0. The van der Waals surface area contributed by atoms with Crippen molar-refractivity contribution in [2.24, 2.45) is 0 Å². The third kappa shape index (κ3) is 2.80. The standard InChI is InChI=1S/C13H9BF3NO4S/c15-9-2-1-3-10(16)13(9)23(20,21)18-12-5-8-7(4-11(12)17)6-22-14(8)19/h1-5,18-19H,6H2. The molecule has 120 valence electrons. The van der Waals surface area contributed by atoms with E-state index in [1.54, 1.807) is 4.72 Å². The molecule has 23 heavy (non-hydrogen) atoms. The van der Waals surface area contributed by atoms with E-state index in [2.05, 4.69) is 0 Å². The van der Waals surface area contributed by atoms with E-state index in [1.165, 1.54) is 0 Å². The van der Waals surface area contributed by atoms with Gasteiger partial charge in [0.25, 0.3) is 10.0 Å². The topological polar surface area (TPSA) is 75.6 Å². The summed E-state index contributed by atoms with van der Waals surface area (Å²) in [5, 5.41) is 9.56. The SMILES string of the molecule is O=S(=O)(Nc1cc2c(cc1F)COB2O)c1c(F)cccc1F. The Morgan fingerprint density at radius 1 is 1.13 bits per heavy atom. The Morgan fingerprint density at radius 2 is 1.78 bits per heavy atom. The van der Waals surface area contributed by atoms with Gasteiger partial charge in [0.15, 0.2) is 4.90 Å². The minimum absolute atomic E-state index is 0.0254. The number of fused-ring (bicyclic) bond motifs is 1. The van der Waals surface area contributed by atoms with Gasteiger partial charge in [-0.05, 0) is 35.3 Å². The second-order valence-corrected chi connectivity index (χ2v) is 6.47. The first-order valence-corrected chi connectivity index (χ1v) is 7.87. The monoisotopic (exact) mass is 343 g/mol. The molecule has 0 saturated carbocycles. The predicted octanol–water partition coefficient (Wildman–Crippen LogP) is 1.12. The maximum atomic E-state index is 14.0. The van der Waals surface area contributed by atoms with Gasteiger partial charge in [0.05, 0.1) is 12.3 Å². The van der Waals surface area contributed by atoms with Crippen molar-refractivity contribution in [3.63, 3.8) is 0 Å². The Labute approximate surface area is 129 Å². The molecule has 0 bridgehead atoms. The Bertz CT molecular complexity index is 871. The van der Waals surface area contributed by atoms with Crippen LogP contribution in [0.5, 0.6) is 0 Å². The van der Waals surface area contributed by atoms with Crippen molar-refractivity contribution in [2.75, 3.05) is 4.72 Å². The van der Waals surface area contributed by atoms with E-state index < -0.39 is 45.2 Å². The lowest BCUT2D eigenvalue weighted by molar-refractivity contribution is 0.275. The van der Waals surface area contributed by atoms with Crippen LogP contribution in [0.4, 0.5) is 18.9 Å². The number of rotatable bonds is 3. The Morgan fingerprint density at radius 3 is 2.43 bits per heavy atom. The summed E-state index contributed by atoms with van der Waals surface area (Å²) in [6, 6.07) is 4.57. The lowest BCUT2D eigenvalue weighted by Crippen LogP contribution is -2.29. The summed E-state index contributed by atoms with van der Waals surface area (Å²) in [7, 11) is -6.01. The second kappa shape index (κ2) is 5.55. The van der Waals surface area contributed by atoms with E-state index in [9.17, 15) is 26.6 Å². The molecule has 1 aliphatic heterocycles. The number of hydrogen-bond donors (Lipinski definition) is 2. The van der Waals surface area contributed by atoms with Gasteiger partial charge in [-0.3, -0.25) is 4.72 Å². The zero-order valence-corrected chi connectivity index (χ0v) is 12.2. The fraction of sp³-hybridized carbons (Fsp3) is 0.0769. The molecule has 0 unspecified atom stereocenters. The lowest BCUT2D eigenvalue weighted by atomic mass is 9.79. The predicted molar refractivity (Wildman–Crippen MR) is 76.0 cm³/mol. The molecule has 0 spiro atoms. The molecule has 3 rings (SSSR count). The average Bonchev–Trinajstić information content (AvgIpc) is 2.79. The third-order valence-electron chi connectivity index (χ3n) is 3.32. The van der Waals surface area contributed by atoms with Crippen LogP contribution >= 0.6 is 0 Å². The summed E-state index contributed by atoms with van der Waals surface area (Å²) in [4.78, 5) is -1.21. The van der Waals surface area contributed by atoms with Crippen molar-refractivity contribution in [2.45, 2.75) is 11.5 Å². The molecule has 0 saturated heterocycles. The maximum absolute atomic E-state index is 14.0. The molecule has 0 amide bonds. The smallest absolute Gasteiger partial charge is 0.423 e. The molecule has 1 aliphatic rings. The first-order chi connectivity index (χ1) is 10.8. The van der Waals surface area contributed by atoms with Crippen LogP contribution in [0.2, 0.25) is 0 Å². The van der Waals surface area contributed by atoms with Crippen LogP contribution in [0.15, 0.2) is 35.2 Å². The van der Waals surface area contributed by atoms with Gasteiger partial charge in [0.1, 0.15) is 17.5 Å². The van der Waals surface area contributed by atoms with Crippen molar-refractivity contribution in [3.05, 3.63) is 53.3 Å². The van der Waals surface area contributed by atoms with Crippen LogP contribution in [-0.2, 0) is 21.3 Å². The van der Waals surface area contributed by atoms with Crippen molar-refractivity contribution >= 4 is 28.3 Å². The third-order valence-corrected chi connectivity index (χ3v) is 4.74. The van der Waals surface area contributed by atoms with Crippen LogP contribution in [0.25, 0.3) is 0 Å². The zero-order valence-electron chi connectivity index (χ0n) is 11.4. The molecular weight excluding hydrogens is 334 g/mol. The molecule has 0 radical (unpaired) electrons. The molecule has 0 aromatic heterocycles. The van der Waals surface area contributed by atoms with Gasteiger partial charge in [-0.2, -0.15) is 0 Å². The highest BCUT2D eigenvalue weighted by Gasteiger charge is 2.31. The molecule has 10 heteroatoms. The number of anilines is 1. The molecule has 2 aromatic rings. The second-order valence-electron chi connectivity index (χ2n) is 4.85. The summed E-state index contributed by atoms with van der Waals surface area (Å²) in [5.41, 5.74) is -0.0101. The van der Waals surface area contributed by atoms with Crippen LogP contribution in [0, 0.1) is 17.5 Å². The van der Waals surface area contributed by atoms with Crippen LogP contribution in [0.3, 0.4) is 0 Å². The minimum atomic E-state index is -4.69. The highest BCUT2D eigenvalue weighted by molar-refractivity contribution is 7.92. The highest BCUT2D eigenvalue weighted by Crippen LogP contribution is 2.24. The molecule has 1 heterocycles. The number of sulfonamides is 1. The summed E-state index contributed by atoms with van der Waals surface area (Å²) in [5.74, 6) is -3.56. The Hall–Kier alpha value is -2.04. The van der Waals surface area contributed by atoms with Crippen molar-refractivity contribution in [1.29, 1.82) is 0 Å². The van der Waals surface area contributed by atoms with Crippen LogP contribution < -0.4 is 10.2 Å². The van der Waals surface area contributed by atoms with Gasteiger partial charge in [-0.1, -0.05) is 6.07 Å². The molecule has 2 aromatic carbocycles. The normalized spacial score (nSPS) is 14.0. The summed E-state index contributed by atoms with van der Waals surface area (Å²) in [6.45, 7) is -0.0254. The summed E-state index contributed by atoms with van der Waals surface area (Å²) < 4.78 is 72.1. The fourth-order valence-corrected chi connectivity index (χ4v) is 3.46. The van der Waals surface area contributed by atoms with Gasteiger partial charge < -0.3 is 9.68 Å². The molecule has 0 aliphatic carbocycles. The molecule has 2 N–H and O–H groups in total. The Kier molecular flexibility index (Phi) is 3.82. The quantitative estimate of drug-likeness (QED) is 0.819. The summed E-state index contributed by atoms with van der Waals surface area (Å²) in [6.07, 6.45) is 0. The molecule has 5 nitrogen and oxygen atoms in total. The van der Waals surface area contributed by atoms with Crippen molar-refractivity contribution in [3.8, 4) is 0 Å². The number of nitrogens with one attached hydrogen (secondary N) is 1.